The van der Waals surface area contributed by atoms with E-state index in [0.29, 0.717) is 5.82 Å². The number of benzene rings is 1. The number of nitrogens with zero attached hydrogens (tertiary/aromatic N) is 4. The molecule has 3 amide bonds. The molecule has 0 aliphatic carbocycles. The van der Waals surface area contributed by atoms with Gasteiger partial charge in [0.25, 0.3) is 5.91 Å². The van der Waals surface area contributed by atoms with Crippen LogP contribution in [0.3, 0.4) is 0 Å². The first-order valence-corrected chi connectivity index (χ1v) is 12.4. The van der Waals surface area contributed by atoms with Crippen molar-refractivity contribution in [2.45, 2.75) is 64.3 Å². The van der Waals surface area contributed by atoms with Crippen molar-refractivity contribution < 1.29 is 23.9 Å². The molecule has 3 atom stereocenters. The third-order valence-corrected chi connectivity index (χ3v) is 6.19. The molecule has 1 aliphatic rings. The van der Waals surface area contributed by atoms with Crippen molar-refractivity contribution in [3.63, 3.8) is 0 Å². The van der Waals surface area contributed by atoms with Crippen LogP contribution in [-0.2, 0) is 20.9 Å². The minimum atomic E-state index is -0.846. The molecule has 1 aliphatic heterocycles. The quantitative estimate of drug-likeness (QED) is 0.581. The predicted molar refractivity (Wildman–Crippen MR) is 138 cm³/mol. The molecule has 0 spiro atoms. The van der Waals surface area contributed by atoms with Gasteiger partial charge in [0.15, 0.2) is 5.37 Å². The van der Waals surface area contributed by atoms with Gasteiger partial charge in [-0.15, -0.1) is 0 Å². The molecule has 1 aromatic heterocycles. The number of anilines is 1. The first-order chi connectivity index (χ1) is 17.1. The fourth-order valence-electron chi connectivity index (χ4n) is 3.40. The van der Waals surface area contributed by atoms with Gasteiger partial charge in [-0.25, -0.2) is 14.6 Å². The smallest absolute Gasteiger partial charge is 0.416 e. The number of carbonyl (C=O) groups is 3. The number of thioether (sulfide) groups is 1. The van der Waals surface area contributed by atoms with E-state index in [9.17, 15) is 14.4 Å². The summed E-state index contributed by atoms with van der Waals surface area (Å²) in [5.74, 6) is -0.163. The number of ether oxygens (including phenoxy) is 2. The Morgan fingerprint density at radius 2 is 1.81 bits per heavy atom. The topological polar surface area (TPSA) is 113 Å². The monoisotopic (exact) mass is 513 g/mol. The molecule has 0 saturated carbocycles. The van der Waals surface area contributed by atoms with E-state index in [0.717, 1.165) is 17.3 Å². The van der Waals surface area contributed by atoms with Crippen molar-refractivity contribution in [3.8, 4) is 0 Å². The van der Waals surface area contributed by atoms with Gasteiger partial charge in [0.05, 0.1) is 17.6 Å². The summed E-state index contributed by atoms with van der Waals surface area (Å²) in [7, 11) is 0. The SMILES string of the molecule is CC(C(C)N1N=CSC1C(=O)NC(=O)OCc1ccccc1)N(C(=O)OC(C)(C)C)c1ccccn1. The molecule has 3 rings (SSSR count). The first kappa shape index (κ1) is 27.0. The number of rotatable bonds is 7. The van der Waals surface area contributed by atoms with E-state index in [1.165, 1.54) is 10.4 Å². The fraction of sp³-hybridized carbons (Fsp3) is 0.400. The molecule has 2 heterocycles. The standard InChI is InChI=1S/C25H31N5O5S/c1-17(29(20-13-9-10-14-26-20)24(33)35-25(3,4)5)18(2)30-22(36-16-27-30)21(31)28-23(32)34-15-19-11-7-6-8-12-19/h6-14,16-18,22H,15H2,1-5H3,(H,28,31,32). The van der Waals surface area contributed by atoms with Gasteiger partial charge in [0.1, 0.15) is 18.0 Å². The third kappa shape index (κ3) is 7.20. The number of alkyl carbamates (subject to hydrolysis) is 1. The number of hydrogen-bond acceptors (Lipinski definition) is 9. The summed E-state index contributed by atoms with van der Waals surface area (Å²) in [6, 6.07) is 13.5. The molecule has 0 saturated heterocycles. The molecule has 2 aromatic rings. The molecule has 192 valence electrons. The van der Waals surface area contributed by atoms with Crippen molar-refractivity contribution in [2.75, 3.05) is 4.90 Å². The van der Waals surface area contributed by atoms with Crippen molar-refractivity contribution in [1.29, 1.82) is 0 Å². The van der Waals surface area contributed by atoms with E-state index in [4.69, 9.17) is 9.47 Å². The zero-order valence-corrected chi connectivity index (χ0v) is 21.8. The molecule has 3 unspecified atom stereocenters. The Morgan fingerprint density at radius 3 is 2.44 bits per heavy atom. The van der Waals surface area contributed by atoms with Crippen LogP contribution < -0.4 is 10.2 Å². The summed E-state index contributed by atoms with van der Waals surface area (Å²) in [6.45, 7) is 9.06. The summed E-state index contributed by atoms with van der Waals surface area (Å²) < 4.78 is 10.8. The second kappa shape index (κ2) is 11.9. The van der Waals surface area contributed by atoms with E-state index in [-0.39, 0.29) is 6.61 Å². The molecule has 1 aromatic carbocycles. The molecule has 0 fully saturated rings. The average molecular weight is 514 g/mol. The maximum atomic E-state index is 13.1. The maximum absolute atomic E-state index is 13.1. The Balaban J connectivity index is 1.69. The van der Waals surface area contributed by atoms with Gasteiger partial charge in [-0.2, -0.15) is 5.10 Å². The van der Waals surface area contributed by atoms with Gasteiger partial charge in [0.2, 0.25) is 0 Å². The van der Waals surface area contributed by atoms with Crippen molar-refractivity contribution in [1.82, 2.24) is 15.3 Å². The first-order valence-electron chi connectivity index (χ1n) is 11.5. The van der Waals surface area contributed by atoms with Gasteiger partial charge >= 0.3 is 12.2 Å². The van der Waals surface area contributed by atoms with Crippen LogP contribution in [0.5, 0.6) is 0 Å². The molecule has 1 N–H and O–H groups in total. The van der Waals surface area contributed by atoms with Crippen molar-refractivity contribution in [3.05, 3.63) is 60.3 Å². The second-order valence-electron chi connectivity index (χ2n) is 9.16. The lowest BCUT2D eigenvalue weighted by molar-refractivity contribution is -0.123. The lowest BCUT2D eigenvalue weighted by Crippen LogP contribution is -2.55. The summed E-state index contributed by atoms with van der Waals surface area (Å²) in [5.41, 5.74) is 1.62. The fourth-order valence-corrected chi connectivity index (χ4v) is 4.23. The molecule has 36 heavy (non-hydrogen) atoms. The number of imide groups is 1. The maximum Gasteiger partial charge on any atom is 0.416 e. The summed E-state index contributed by atoms with van der Waals surface area (Å²) in [5, 5.41) is 7.33. The van der Waals surface area contributed by atoms with Crippen LogP contribution in [0.4, 0.5) is 15.4 Å². The number of nitrogens with one attached hydrogen (secondary N) is 1. The van der Waals surface area contributed by atoms with E-state index in [1.807, 2.05) is 44.2 Å². The van der Waals surface area contributed by atoms with Gasteiger partial charge < -0.3 is 9.47 Å². The van der Waals surface area contributed by atoms with E-state index in [2.05, 4.69) is 15.4 Å². The van der Waals surface area contributed by atoms with Crippen molar-refractivity contribution in [2.24, 2.45) is 5.10 Å². The highest BCUT2D eigenvalue weighted by molar-refractivity contribution is 8.13. The normalized spacial score (nSPS) is 16.7. The Hall–Kier alpha value is -3.60. The van der Waals surface area contributed by atoms with Gasteiger partial charge in [-0.1, -0.05) is 48.2 Å². The van der Waals surface area contributed by atoms with Gasteiger partial charge in [-0.05, 0) is 52.3 Å². The zero-order valence-electron chi connectivity index (χ0n) is 21.0. The van der Waals surface area contributed by atoms with Crippen LogP contribution in [0.15, 0.2) is 59.8 Å². The number of pyridine rings is 1. The Bertz CT molecular complexity index is 1080. The van der Waals surface area contributed by atoms with E-state index in [1.54, 1.807) is 50.2 Å². The highest BCUT2D eigenvalue weighted by atomic mass is 32.2. The van der Waals surface area contributed by atoms with Crippen LogP contribution >= 0.6 is 11.8 Å². The minimum Gasteiger partial charge on any atom is -0.444 e. The third-order valence-electron chi connectivity index (χ3n) is 5.28. The summed E-state index contributed by atoms with van der Waals surface area (Å²) in [6.07, 6.45) is 0.174. The predicted octanol–water partition coefficient (Wildman–Crippen LogP) is 4.37. The summed E-state index contributed by atoms with van der Waals surface area (Å²) in [4.78, 5) is 44.0. The highest BCUT2D eigenvalue weighted by Gasteiger charge is 2.39. The lowest BCUT2D eigenvalue weighted by Gasteiger charge is -2.38. The van der Waals surface area contributed by atoms with Crippen LogP contribution in [0.1, 0.15) is 40.2 Å². The van der Waals surface area contributed by atoms with Crippen LogP contribution in [0, 0.1) is 0 Å². The molecule has 0 bridgehead atoms. The summed E-state index contributed by atoms with van der Waals surface area (Å²) >= 11 is 1.15. The second-order valence-corrected chi connectivity index (χ2v) is 10.1. The highest BCUT2D eigenvalue weighted by Crippen LogP contribution is 2.28. The Kier molecular flexibility index (Phi) is 8.92. The zero-order chi connectivity index (χ0) is 26.3. The number of hydrogen-bond donors (Lipinski definition) is 1. The van der Waals surface area contributed by atoms with Crippen molar-refractivity contribution >= 4 is 41.2 Å². The number of aromatic nitrogens is 1. The molecule has 11 heteroatoms. The van der Waals surface area contributed by atoms with E-state index < -0.39 is 41.2 Å². The number of amides is 3. The molecular weight excluding hydrogens is 482 g/mol. The Labute approximate surface area is 215 Å². The minimum absolute atomic E-state index is 0.0420. The Morgan fingerprint density at radius 1 is 1.11 bits per heavy atom. The molecule has 0 radical (unpaired) electrons. The van der Waals surface area contributed by atoms with E-state index >= 15 is 0 Å². The lowest BCUT2D eigenvalue weighted by atomic mass is 10.1. The molecule has 10 nitrogen and oxygen atoms in total. The largest absolute Gasteiger partial charge is 0.444 e. The van der Waals surface area contributed by atoms with Gasteiger partial charge in [0, 0.05) is 6.20 Å². The van der Waals surface area contributed by atoms with Crippen LogP contribution in [0.2, 0.25) is 0 Å². The number of hydrazone groups is 1. The van der Waals surface area contributed by atoms with Crippen LogP contribution in [0.25, 0.3) is 0 Å². The van der Waals surface area contributed by atoms with Gasteiger partial charge in [-0.3, -0.25) is 20.0 Å². The molecular formula is C25H31N5O5S. The average Bonchev–Trinajstić information content (AvgIpc) is 3.33. The van der Waals surface area contributed by atoms with Crippen LogP contribution in [-0.4, -0.2) is 56.7 Å². The number of carbonyl (C=O) groups excluding carboxylic acids is 3.